The molecule has 0 spiro atoms. The fourth-order valence-electron chi connectivity index (χ4n) is 4.03. The van der Waals surface area contributed by atoms with Gasteiger partial charge in [0.1, 0.15) is 22.9 Å². The summed E-state index contributed by atoms with van der Waals surface area (Å²) in [6.07, 6.45) is 0. The normalized spacial score (nSPS) is 10.9. The van der Waals surface area contributed by atoms with E-state index in [0.29, 0.717) is 21.5 Å². The van der Waals surface area contributed by atoms with Gasteiger partial charge in [0.15, 0.2) is 11.0 Å². The molecule has 198 valence electrons. The number of hydrogen-bond acceptors (Lipinski definition) is 8. The molecule has 2 heterocycles. The molecular formula is C28H30N4O4S2. The van der Waals surface area contributed by atoms with Crippen LogP contribution in [0.15, 0.2) is 46.9 Å². The number of ether oxygens (including phenoxy) is 2. The molecule has 1 N–H and O–H groups in total. The molecule has 0 unspecified atom stereocenters. The third-order valence-electron chi connectivity index (χ3n) is 5.94. The van der Waals surface area contributed by atoms with Gasteiger partial charge in [0.05, 0.1) is 12.9 Å². The first kappa shape index (κ1) is 27.4. The van der Waals surface area contributed by atoms with Gasteiger partial charge in [-0.05, 0) is 62.1 Å². The van der Waals surface area contributed by atoms with E-state index < -0.39 is 5.97 Å². The van der Waals surface area contributed by atoms with Crippen LogP contribution in [0, 0.1) is 27.7 Å². The molecule has 4 aromatic rings. The highest BCUT2D eigenvalue weighted by molar-refractivity contribution is 7.99. The zero-order chi connectivity index (χ0) is 27.4. The molecule has 0 bridgehead atoms. The van der Waals surface area contributed by atoms with Crippen molar-refractivity contribution >= 4 is 40.0 Å². The second kappa shape index (κ2) is 11.8. The largest absolute Gasteiger partial charge is 0.486 e. The fourth-order valence-corrected chi connectivity index (χ4v) is 5.73. The predicted octanol–water partition coefficient (Wildman–Crippen LogP) is 5.87. The average Bonchev–Trinajstić information content (AvgIpc) is 3.44. The number of esters is 1. The van der Waals surface area contributed by atoms with E-state index in [2.05, 4.69) is 21.6 Å². The van der Waals surface area contributed by atoms with Gasteiger partial charge in [-0.2, -0.15) is 0 Å². The quantitative estimate of drug-likeness (QED) is 0.206. The van der Waals surface area contributed by atoms with Gasteiger partial charge in [-0.1, -0.05) is 41.6 Å². The molecule has 0 aliphatic rings. The van der Waals surface area contributed by atoms with Crippen LogP contribution in [0.5, 0.6) is 5.75 Å². The number of hydrogen-bond donors (Lipinski definition) is 1. The van der Waals surface area contributed by atoms with Gasteiger partial charge in [-0.15, -0.1) is 21.5 Å². The van der Waals surface area contributed by atoms with Crippen LogP contribution in [-0.4, -0.2) is 39.5 Å². The molecule has 0 fully saturated rings. The predicted molar refractivity (Wildman–Crippen MR) is 151 cm³/mol. The van der Waals surface area contributed by atoms with Crippen molar-refractivity contribution in [2.24, 2.45) is 7.05 Å². The Morgan fingerprint density at radius 1 is 1.00 bits per heavy atom. The highest BCUT2D eigenvalue weighted by Crippen LogP contribution is 2.38. The van der Waals surface area contributed by atoms with Crippen molar-refractivity contribution in [3.63, 3.8) is 0 Å². The minimum absolute atomic E-state index is 0.0984. The van der Waals surface area contributed by atoms with E-state index in [4.69, 9.17) is 9.47 Å². The van der Waals surface area contributed by atoms with Gasteiger partial charge in [0, 0.05) is 18.0 Å². The van der Waals surface area contributed by atoms with Crippen LogP contribution < -0.4 is 10.1 Å². The van der Waals surface area contributed by atoms with Crippen molar-refractivity contribution in [3.8, 4) is 16.9 Å². The lowest BCUT2D eigenvalue weighted by Crippen LogP contribution is -2.16. The smallest absolute Gasteiger partial charge is 0.341 e. The number of thioether (sulfide) groups is 1. The third kappa shape index (κ3) is 6.25. The number of nitrogens with one attached hydrogen (secondary N) is 1. The number of rotatable bonds is 9. The van der Waals surface area contributed by atoms with Crippen LogP contribution in [0.3, 0.4) is 0 Å². The summed E-state index contributed by atoms with van der Waals surface area (Å²) < 4.78 is 12.8. The number of anilines is 1. The standard InChI is InChI=1S/C28H30N4O4S2/c1-16-7-8-19(4)21(12-16)22-14-37-26(25(22)27(34)35-6)29-24(33)15-38-28-31-30-23(32(28)5)13-36-20-10-17(2)9-18(3)11-20/h7-12,14H,13,15H2,1-6H3,(H,29,33). The van der Waals surface area contributed by atoms with Crippen molar-refractivity contribution < 1.29 is 19.1 Å². The van der Waals surface area contributed by atoms with Crippen molar-refractivity contribution in [1.82, 2.24) is 14.8 Å². The van der Waals surface area contributed by atoms with Gasteiger partial charge in [0.2, 0.25) is 5.91 Å². The summed E-state index contributed by atoms with van der Waals surface area (Å²) >= 11 is 2.56. The lowest BCUT2D eigenvalue weighted by atomic mass is 9.97. The zero-order valence-electron chi connectivity index (χ0n) is 22.2. The second-order valence-corrected chi connectivity index (χ2v) is 10.9. The molecular weight excluding hydrogens is 520 g/mol. The summed E-state index contributed by atoms with van der Waals surface area (Å²) in [5.74, 6) is 0.770. The number of methoxy groups -OCH3 is 1. The van der Waals surface area contributed by atoms with E-state index >= 15 is 0 Å². The summed E-state index contributed by atoms with van der Waals surface area (Å²) in [6, 6.07) is 12.1. The first-order valence-electron chi connectivity index (χ1n) is 12.0. The number of nitrogens with zero attached hydrogens (tertiary/aromatic N) is 3. The molecule has 8 nitrogen and oxygen atoms in total. The van der Waals surface area contributed by atoms with Crippen LogP contribution in [0.25, 0.3) is 11.1 Å². The molecule has 1 amide bonds. The Bertz CT molecular complexity index is 1470. The van der Waals surface area contributed by atoms with Crippen molar-refractivity contribution in [2.75, 3.05) is 18.2 Å². The van der Waals surface area contributed by atoms with E-state index in [9.17, 15) is 9.59 Å². The molecule has 4 rings (SSSR count). The summed E-state index contributed by atoms with van der Waals surface area (Å²) in [7, 11) is 3.18. The van der Waals surface area contributed by atoms with E-state index in [0.717, 1.165) is 39.1 Å². The van der Waals surface area contributed by atoms with Crippen LogP contribution in [-0.2, 0) is 23.2 Å². The number of thiophene rings is 1. The maximum Gasteiger partial charge on any atom is 0.341 e. The molecule has 0 saturated heterocycles. The van der Waals surface area contributed by atoms with E-state index in [1.54, 1.807) is 0 Å². The van der Waals surface area contributed by atoms with Gasteiger partial charge < -0.3 is 19.4 Å². The SMILES string of the molecule is COC(=O)c1c(-c2cc(C)ccc2C)csc1NC(=O)CSc1nnc(COc2cc(C)cc(C)c2)n1C. The minimum atomic E-state index is -0.494. The molecule has 2 aromatic carbocycles. The average molecular weight is 551 g/mol. The van der Waals surface area contributed by atoms with Crippen LogP contribution in [0.1, 0.15) is 38.4 Å². The zero-order valence-corrected chi connectivity index (χ0v) is 23.9. The van der Waals surface area contributed by atoms with Crippen LogP contribution in [0.2, 0.25) is 0 Å². The van der Waals surface area contributed by atoms with Gasteiger partial charge >= 0.3 is 5.97 Å². The summed E-state index contributed by atoms with van der Waals surface area (Å²) in [5.41, 5.74) is 6.40. The molecule has 0 atom stereocenters. The number of amides is 1. The lowest BCUT2D eigenvalue weighted by Gasteiger charge is -2.10. The molecule has 0 aliphatic heterocycles. The Morgan fingerprint density at radius 2 is 1.74 bits per heavy atom. The monoisotopic (exact) mass is 550 g/mol. The molecule has 0 radical (unpaired) electrons. The number of aryl methyl sites for hydroxylation is 4. The maximum absolute atomic E-state index is 12.8. The van der Waals surface area contributed by atoms with Gasteiger partial charge in [-0.3, -0.25) is 4.79 Å². The third-order valence-corrected chi connectivity index (χ3v) is 7.85. The van der Waals surface area contributed by atoms with Crippen LogP contribution >= 0.6 is 23.1 Å². The lowest BCUT2D eigenvalue weighted by molar-refractivity contribution is -0.113. The van der Waals surface area contributed by atoms with Crippen molar-refractivity contribution in [3.05, 3.63) is 75.4 Å². The first-order valence-corrected chi connectivity index (χ1v) is 13.8. The van der Waals surface area contributed by atoms with Crippen molar-refractivity contribution in [1.29, 1.82) is 0 Å². The number of carbonyl (C=O) groups is 2. The molecule has 0 saturated carbocycles. The minimum Gasteiger partial charge on any atom is -0.486 e. The fraction of sp³-hybridized carbons (Fsp3) is 0.286. The molecule has 10 heteroatoms. The van der Waals surface area contributed by atoms with Gasteiger partial charge in [-0.25, -0.2) is 4.79 Å². The highest BCUT2D eigenvalue weighted by atomic mass is 32.2. The highest BCUT2D eigenvalue weighted by Gasteiger charge is 2.23. The number of aromatic nitrogens is 3. The maximum atomic E-state index is 12.8. The Balaban J connectivity index is 1.43. The topological polar surface area (TPSA) is 95.3 Å². The van der Waals surface area contributed by atoms with E-state index in [1.165, 1.54) is 30.2 Å². The summed E-state index contributed by atoms with van der Waals surface area (Å²) in [5, 5.41) is 14.2. The summed E-state index contributed by atoms with van der Waals surface area (Å²) in [6.45, 7) is 8.30. The first-order chi connectivity index (χ1) is 18.2. The van der Waals surface area contributed by atoms with E-state index in [1.807, 2.05) is 75.0 Å². The number of benzene rings is 2. The summed E-state index contributed by atoms with van der Waals surface area (Å²) in [4.78, 5) is 25.5. The Labute approximate surface area is 230 Å². The van der Waals surface area contributed by atoms with E-state index in [-0.39, 0.29) is 18.3 Å². The molecule has 0 aliphatic carbocycles. The number of carbonyl (C=O) groups excluding carboxylic acids is 2. The second-order valence-electron chi connectivity index (χ2n) is 9.07. The molecule has 38 heavy (non-hydrogen) atoms. The van der Waals surface area contributed by atoms with Gasteiger partial charge in [0.25, 0.3) is 0 Å². The Morgan fingerprint density at radius 3 is 2.45 bits per heavy atom. The van der Waals surface area contributed by atoms with Crippen molar-refractivity contribution in [2.45, 2.75) is 39.5 Å². The molecule has 2 aromatic heterocycles. The Kier molecular flexibility index (Phi) is 8.53. The van der Waals surface area contributed by atoms with Crippen LogP contribution in [0.4, 0.5) is 5.00 Å². The Hall–Kier alpha value is -3.63.